The van der Waals surface area contributed by atoms with E-state index in [4.69, 9.17) is 75.8 Å². The minimum absolute atomic E-state index is 0. The molecule has 9 heterocycles. The molecule has 0 saturated carbocycles. The molecule has 0 aliphatic carbocycles. The molecule has 5 aliphatic heterocycles. The molecule has 25 nitrogen and oxygen atoms in total. The summed E-state index contributed by atoms with van der Waals surface area (Å²) in [5, 5.41) is 46.9. The SMILES string of the molecule is COc1cc2c(cc1OC)CN(Cc1cccc(OC)c1OC)CC2.COc1cc2cc3c4cc(OC)c(OC)cc4cc[n+]3c(C)c2cc1OC.COc1ccc(Cc2nccc3cc(OC)c(OC)cc23)cc1OC.COc1ccc2c(c1OC)C(c1ccccc1)N1CCc3cc4c(cc3C1=C2)OCO4.Cl.Cl.Oc1cc2c(cc1O)-c1cc3ccc(O)c(O)c3c[n+]1CC2.[Cl-].[Cl-]. The lowest BCUT2D eigenvalue weighted by Crippen LogP contribution is -3.00. The van der Waals surface area contributed by atoms with Crippen molar-refractivity contribution in [3.05, 3.63) is 274 Å². The Balaban J connectivity index is 0.000000150. The molecular formula is C105H107Cl4N5O20. The van der Waals surface area contributed by atoms with E-state index in [-0.39, 0.29) is 85.5 Å². The van der Waals surface area contributed by atoms with Crippen LogP contribution in [0.1, 0.15) is 73.1 Å². The third kappa shape index (κ3) is 19.6. The van der Waals surface area contributed by atoms with Gasteiger partial charge in [-0.25, -0.2) is 0 Å². The largest absolute Gasteiger partial charge is 1.00 e. The molecular weight excluding hydrogens is 1790 g/mol. The van der Waals surface area contributed by atoms with Crippen LogP contribution in [0.15, 0.2) is 207 Å². The molecule has 0 saturated heterocycles. The minimum atomic E-state index is -0.152. The van der Waals surface area contributed by atoms with Gasteiger partial charge in [0.05, 0.1) is 133 Å². The third-order valence-electron chi connectivity index (χ3n) is 24.6. The van der Waals surface area contributed by atoms with Gasteiger partial charge in [0.1, 0.15) is 0 Å². The average Bonchev–Trinajstić information content (AvgIpc) is 0.977. The zero-order valence-corrected chi connectivity index (χ0v) is 80.1. The summed E-state index contributed by atoms with van der Waals surface area (Å²) in [4.78, 5) is 9.45. The molecule has 4 aromatic heterocycles. The lowest BCUT2D eigenvalue weighted by atomic mass is 9.83. The number of benzene rings is 11. The highest BCUT2D eigenvalue weighted by atomic mass is 35.5. The van der Waals surface area contributed by atoms with Gasteiger partial charge in [-0.3, -0.25) is 9.88 Å². The van der Waals surface area contributed by atoms with Crippen LogP contribution < -0.4 is 110 Å². The quantitative estimate of drug-likeness (QED) is 0.0254. The second kappa shape index (κ2) is 43.6. The van der Waals surface area contributed by atoms with Crippen LogP contribution in [0.5, 0.6) is 115 Å². The first kappa shape index (κ1) is 99.1. The van der Waals surface area contributed by atoms with Gasteiger partial charge in [-0.15, -0.1) is 24.8 Å². The molecule has 0 radical (unpaired) electrons. The second-order valence-electron chi connectivity index (χ2n) is 31.5. The number of phenolic OH excluding ortho intramolecular Hbond substituents is 4. The molecule has 11 aromatic carbocycles. The summed E-state index contributed by atoms with van der Waals surface area (Å²) in [5.74, 6) is 11.5. The maximum atomic E-state index is 10.00. The van der Waals surface area contributed by atoms with Crippen LogP contribution in [0.25, 0.3) is 71.6 Å². The summed E-state index contributed by atoms with van der Waals surface area (Å²) in [6.45, 7) is 6.66. The normalized spacial score (nSPS) is 13.1. The molecule has 29 heteroatoms. The van der Waals surface area contributed by atoms with Gasteiger partial charge >= 0.3 is 0 Å². The van der Waals surface area contributed by atoms with Crippen molar-refractivity contribution in [2.75, 3.05) is 119 Å². The number of fused-ring (bicyclic) bond motifs is 15. The number of aromatic hydroxyl groups is 4. The summed E-state index contributed by atoms with van der Waals surface area (Å²) in [6, 6.07) is 61.6. The van der Waals surface area contributed by atoms with E-state index in [0.29, 0.717) is 59.3 Å². The number of methoxy groups -OCH3 is 14. The van der Waals surface area contributed by atoms with E-state index in [1.54, 1.807) is 124 Å². The van der Waals surface area contributed by atoms with Crippen molar-refractivity contribution in [2.24, 2.45) is 0 Å². The van der Waals surface area contributed by atoms with Crippen molar-refractivity contribution in [3.8, 4) is 126 Å². The summed E-state index contributed by atoms with van der Waals surface area (Å²) in [5.41, 5.74) is 17.9. The average molecular weight is 1900 g/mol. The van der Waals surface area contributed by atoms with Crippen molar-refractivity contribution in [1.82, 2.24) is 14.8 Å². The monoisotopic (exact) mass is 1900 g/mol. The molecule has 20 rings (SSSR count). The van der Waals surface area contributed by atoms with Crippen LogP contribution in [-0.2, 0) is 45.3 Å². The Morgan fingerprint density at radius 2 is 0.993 bits per heavy atom. The number of hydrogen-bond donors (Lipinski definition) is 4. The Morgan fingerprint density at radius 3 is 1.65 bits per heavy atom. The maximum absolute atomic E-state index is 10.00. The van der Waals surface area contributed by atoms with E-state index in [9.17, 15) is 20.4 Å². The van der Waals surface area contributed by atoms with Gasteiger partial charge in [0.15, 0.2) is 140 Å². The molecule has 0 amide bonds. The van der Waals surface area contributed by atoms with Gasteiger partial charge in [0, 0.05) is 98.1 Å². The van der Waals surface area contributed by atoms with Gasteiger partial charge in [-0.2, -0.15) is 8.97 Å². The van der Waals surface area contributed by atoms with E-state index in [1.807, 2.05) is 95.7 Å². The third-order valence-corrected chi connectivity index (χ3v) is 24.6. The number of para-hydroxylation sites is 1. The van der Waals surface area contributed by atoms with Crippen LogP contribution in [0.3, 0.4) is 0 Å². The zero-order valence-electron chi connectivity index (χ0n) is 77.0. The fraction of sp³-hybridized carbons (Fsp3) is 0.248. The van der Waals surface area contributed by atoms with E-state index in [1.165, 1.54) is 39.6 Å². The van der Waals surface area contributed by atoms with Gasteiger partial charge in [0.25, 0.3) is 0 Å². The number of ether oxygens (including phenoxy) is 16. The molecule has 0 spiro atoms. The molecule has 4 N–H and O–H groups in total. The number of rotatable bonds is 19. The number of aryl methyl sites for hydroxylation is 3. The number of aromatic nitrogens is 3. The predicted molar refractivity (Wildman–Crippen MR) is 513 cm³/mol. The first-order valence-corrected chi connectivity index (χ1v) is 42.4. The lowest BCUT2D eigenvalue weighted by molar-refractivity contribution is -0.686. The highest BCUT2D eigenvalue weighted by Crippen LogP contribution is 2.53. The second-order valence-corrected chi connectivity index (χ2v) is 31.5. The van der Waals surface area contributed by atoms with Gasteiger partial charge in [-0.1, -0.05) is 54.6 Å². The Kier molecular flexibility index (Phi) is 32.2. The van der Waals surface area contributed by atoms with Crippen LogP contribution in [0.2, 0.25) is 0 Å². The van der Waals surface area contributed by atoms with Crippen LogP contribution in [0, 0.1) is 6.92 Å². The number of nitrogens with zero attached hydrogens (tertiary/aromatic N) is 5. The maximum Gasteiger partial charge on any atom is 0.231 e. The first-order valence-electron chi connectivity index (χ1n) is 42.4. The van der Waals surface area contributed by atoms with Crippen LogP contribution in [-0.4, -0.2) is 155 Å². The summed E-state index contributed by atoms with van der Waals surface area (Å²) >= 11 is 0. The smallest absolute Gasteiger partial charge is 0.231 e. The van der Waals surface area contributed by atoms with Crippen molar-refractivity contribution in [2.45, 2.75) is 58.3 Å². The predicted octanol–water partition coefficient (Wildman–Crippen LogP) is 13.1. The van der Waals surface area contributed by atoms with E-state index >= 15 is 0 Å². The molecule has 134 heavy (non-hydrogen) atoms. The fourth-order valence-electron chi connectivity index (χ4n) is 18.0. The van der Waals surface area contributed by atoms with Gasteiger partial charge < -0.3 is 126 Å². The van der Waals surface area contributed by atoms with Crippen molar-refractivity contribution >= 4 is 85.2 Å². The summed E-state index contributed by atoms with van der Waals surface area (Å²) in [7, 11) is 23.2. The zero-order chi connectivity index (χ0) is 91.1. The van der Waals surface area contributed by atoms with E-state index in [2.05, 4.69) is 117 Å². The number of halogens is 4. The lowest BCUT2D eigenvalue weighted by Gasteiger charge is -2.43. The van der Waals surface area contributed by atoms with Gasteiger partial charge in [-0.05, 0) is 195 Å². The summed E-state index contributed by atoms with van der Waals surface area (Å²) in [6.07, 6.45) is 11.3. The highest BCUT2D eigenvalue weighted by molar-refractivity contribution is 6.00. The first-order chi connectivity index (χ1) is 63.3. The molecule has 0 fully saturated rings. The Labute approximate surface area is 802 Å². The van der Waals surface area contributed by atoms with Crippen molar-refractivity contribution in [3.63, 3.8) is 0 Å². The topological polar surface area (TPSA) is 256 Å². The Hall–Kier alpha value is -14.0. The minimum Gasteiger partial charge on any atom is -1.00 e. The molecule has 0 bridgehead atoms. The number of phenols is 4. The molecule has 1 unspecified atom stereocenters. The molecule has 15 aromatic rings. The Morgan fingerprint density at radius 1 is 0.433 bits per heavy atom. The Bertz CT molecular complexity index is 6850. The highest BCUT2D eigenvalue weighted by Gasteiger charge is 2.39. The number of hydrogen-bond acceptors (Lipinski definition) is 23. The van der Waals surface area contributed by atoms with Crippen LogP contribution in [0.4, 0.5) is 0 Å². The van der Waals surface area contributed by atoms with Crippen LogP contribution >= 0.6 is 24.8 Å². The van der Waals surface area contributed by atoms with Gasteiger partial charge in [0.2, 0.25) is 18.0 Å². The molecule has 700 valence electrons. The fourth-order valence-corrected chi connectivity index (χ4v) is 18.0. The van der Waals surface area contributed by atoms with Crippen molar-refractivity contribution < 1.29 is 130 Å². The molecule has 5 aliphatic rings. The van der Waals surface area contributed by atoms with Crippen molar-refractivity contribution in [1.29, 1.82) is 0 Å². The molecule has 1 atom stereocenters. The standard InChI is InChI=1S/C26H23NO4.C22H22NO4.C20H21NO4.C20H25NO4.C17H13NO4.4ClH/c1-28-21-9-8-18-12-20-19-14-23-22(30-15-31-23)13-17(19)10-11-27(20)25(24(18)26(21)29-2)16-6-4-3-5-7-16;1-13-16-11-21(26-4)20(25-3)10-15(16)8-18-17-12-22(27-5)19(24-2)9-14(17)6-7-23(13)18;1-22-17-6-5-13(10-18(17)23-2)9-16-15-12-20(25-4)19(24-3)11-14(15)7-8-21-16;1-22-17-7-5-6-15(20(17)25-4)12-21-9-8-14-10-18(23-2)19(24-3)11-16(14)13-21;19-14-2-1-9-5-13-11-7-16(21)15(20)6-10(11)3-4-18(13)8-12(9)17(14)22;;;;/h3-9,12-14,25H,10-11,15H2,1-2H3;6-12H,1-5H3;5-8,10-12H,9H2,1-4H3;5-7,10-11H,8-9,12-13H2,1-4H3;1-2,5-8H,3-4H2,(H3,19,20,21,22);4*1H/q;+1;;;;;;;/p-1. The number of pyridine rings is 4. The van der Waals surface area contributed by atoms with E-state index in [0.717, 1.165) is 190 Å². The summed E-state index contributed by atoms with van der Waals surface area (Å²) < 4.78 is 92.2. The van der Waals surface area contributed by atoms with E-state index < -0.39 is 0 Å².